The van der Waals surface area contributed by atoms with Gasteiger partial charge in [-0.15, -0.1) is 0 Å². The first kappa shape index (κ1) is 11.9. The van der Waals surface area contributed by atoms with Crippen LogP contribution in [0.1, 0.15) is 22.7 Å². The molecule has 1 atom stereocenters. The first-order valence-electron chi connectivity index (χ1n) is 5.80. The molecular formula is C14H19N3. The largest absolute Gasteiger partial charge is 0.367 e. The summed E-state index contributed by atoms with van der Waals surface area (Å²) < 4.78 is 0. The lowest BCUT2D eigenvalue weighted by Crippen LogP contribution is -2.20. The van der Waals surface area contributed by atoms with Crippen LogP contribution in [-0.4, -0.2) is 24.0 Å². The van der Waals surface area contributed by atoms with E-state index < -0.39 is 0 Å². The van der Waals surface area contributed by atoms with Crippen LogP contribution in [0.15, 0.2) is 42.7 Å². The van der Waals surface area contributed by atoms with Crippen molar-refractivity contribution in [1.82, 2.24) is 9.88 Å². The summed E-state index contributed by atoms with van der Waals surface area (Å²) in [5.74, 6) is 0. The third-order valence-electron chi connectivity index (χ3n) is 2.99. The van der Waals surface area contributed by atoms with E-state index in [1.54, 1.807) is 0 Å². The second kappa shape index (κ2) is 5.17. The Hall–Kier alpha value is -1.58. The first-order chi connectivity index (χ1) is 8.22. The van der Waals surface area contributed by atoms with Gasteiger partial charge in [0.15, 0.2) is 0 Å². The summed E-state index contributed by atoms with van der Waals surface area (Å²) in [6, 6.07) is 10.9. The van der Waals surface area contributed by atoms with E-state index in [2.05, 4.69) is 54.3 Å². The molecule has 0 radical (unpaired) electrons. The smallest absolute Gasteiger partial charge is 0.0611 e. The number of aromatic nitrogens is 1. The first-order valence-corrected chi connectivity index (χ1v) is 5.80. The fraction of sp³-hybridized carbons (Fsp3) is 0.286. The van der Waals surface area contributed by atoms with Crippen LogP contribution in [0, 0.1) is 0 Å². The minimum absolute atomic E-state index is 0.285. The van der Waals surface area contributed by atoms with Gasteiger partial charge in [-0.3, -0.25) is 4.90 Å². The number of nitrogens with two attached hydrogens (primary N) is 1. The Morgan fingerprint density at radius 1 is 1.12 bits per heavy atom. The van der Waals surface area contributed by atoms with Crippen LogP contribution >= 0.6 is 0 Å². The lowest BCUT2D eigenvalue weighted by molar-refractivity contribution is 0.342. The van der Waals surface area contributed by atoms with Gasteiger partial charge >= 0.3 is 0 Å². The third kappa shape index (κ3) is 2.57. The molecule has 0 spiro atoms. The topological polar surface area (TPSA) is 45.0 Å². The van der Waals surface area contributed by atoms with Gasteiger partial charge < -0.3 is 10.7 Å². The summed E-state index contributed by atoms with van der Waals surface area (Å²) in [7, 11) is 4.18. The maximum Gasteiger partial charge on any atom is 0.0611 e. The van der Waals surface area contributed by atoms with Crippen molar-refractivity contribution in [3.63, 3.8) is 0 Å². The average Bonchev–Trinajstić information content (AvgIpc) is 2.83. The van der Waals surface area contributed by atoms with E-state index >= 15 is 0 Å². The fourth-order valence-corrected chi connectivity index (χ4v) is 2.13. The Labute approximate surface area is 102 Å². The summed E-state index contributed by atoms with van der Waals surface area (Å²) in [6.07, 6.45) is 4.00. The maximum absolute atomic E-state index is 5.61. The quantitative estimate of drug-likeness (QED) is 0.843. The van der Waals surface area contributed by atoms with Crippen LogP contribution in [0.3, 0.4) is 0 Å². The van der Waals surface area contributed by atoms with E-state index in [1.807, 2.05) is 12.4 Å². The van der Waals surface area contributed by atoms with E-state index in [4.69, 9.17) is 5.73 Å². The summed E-state index contributed by atoms with van der Waals surface area (Å²) in [5, 5.41) is 0. The molecule has 1 unspecified atom stereocenters. The van der Waals surface area contributed by atoms with Gasteiger partial charge in [0.05, 0.1) is 6.04 Å². The highest BCUT2D eigenvalue weighted by Gasteiger charge is 2.16. The number of benzene rings is 1. The Kier molecular flexibility index (Phi) is 3.61. The minimum Gasteiger partial charge on any atom is -0.367 e. The Morgan fingerprint density at radius 3 is 2.29 bits per heavy atom. The number of hydrogen-bond donors (Lipinski definition) is 2. The Balaban J connectivity index is 2.33. The summed E-state index contributed by atoms with van der Waals surface area (Å²) >= 11 is 0. The van der Waals surface area contributed by atoms with Crippen LogP contribution in [0.2, 0.25) is 0 Å². The summed E-state index contributed by atoms with van der Waals surface area (Å²) in [4.78, 5) is 5.32. The second-order valence-electron chi connectivity index (χ2n) is 4.46. The zero-order valence-corrected chi connectivity index (χ0v) is 10.4. The molecule has 1 aromatic heterocycles. The van der Waals surface area contributed by atoms with E-state index in [9.17, 15) is 0 Å². The van der Waals surface area contributed by atoms with Gasteiger partial charge in [0, 0.05) is 18.9 Å². The molecular weight excluding hydrogens is 210 g/mol. The van der Waals surface area contributed by atoms with E-state index in [-0.39, 0.29) is 6.04 Å². The predicted molar refractivity (Wildman–Crippen MR) is 70.7 cm³/mol. The van der Waals surface area contributed by atoms with Crippen LogP contribution in [0.5, 0.6) is 0 Å². The zero-order valence-electron chi connectivity index (χ0n) is 10.4. The summed E-state index contributed by atoms with van der Waals surface area (Å²) in [6.45, 7) is 0.594. The number of rotatable bonds is 4. The molecule has 0 amide bonds. The average molecular weight is 229 g/mol. The van der Waals surface area contributed by atoms with Gasteiger partial charge in [0.25, 0.3) is 0 Å². The van der Waals surface area contributed by atoms with Crippen molar-refractivity contribution in [3.8, 4) is 0 Å². The van der Waals surface area contributed by atoms with Gasteiger partial charge in [-0.05, 0) is 36.9 Å². The van der Waals surface area contributed by atoms with Gasteiger partial charge in [-0.2, -0.15) is 0 Å². The molecule has 0 fully saturated rings. The van der Waals surface area contributed by atoms with Gasteiger partial charge in [-0.1, -0.05) is 24.3 Å². The molecule has 0 aliphatic heterocycles. The van der Waals surface area contributed by atoms with Crippen molar-refractivity contribution in [3.05, 3.63) is 59.4 Å². The van der Waals surface area contributed by atoms with Gasteiger partial charge in [0.1, 0.15) is 0 Å². The maximum atomic E-state index is 5.61. The van der Waals surface area contributed by atoms with Crippen LogP contribution in [0.4, 0.5) is 0 Å². The van der Waals surface area contributed by atoms with E-state index in [0.717, 1.165) is 0 Å². The molecule has 3 nitrogen and oxygen atoms in total. The van der Waals surface area contributed by atoms with Crippen molar-refractivity contribution >= 4 is 0 Å². The second-order valence-corrected chi connectivity index (χ2v) is 4.46. The van der Waals surface area contributed by atoms with Gasteiger partial charge in [0.2, 0.25) is 0 Å². The fourth-order valence-electron chi connectivity index (χ4n) is 2.13. The highest BCUT2D eigenvalue weighted by Crippen LogP contribution is 2.26. The van der Waals surface area contributed by atoms with Crippen molar-refractivity contribution in [2.45, 2.75) is 12.6 Å². The molecule has 1 aromatic carbocycles. The zero-order chi connectivity index (χ0) is 12.3. The number of nitrogens with one attached hydrogen (secondary N) is 1. The predicted octanol–water partition coefficient (Wildman–Crippen LogP) is 2.12. The molecule has 0 bridgehead atoms. The van der Waals surface area contributed by atoms with Crippen molar-refractivity contribution < 1.29 is 0 Å². The minimum atomic E-state index is 0.285. The number of H-pyrrole nitrogens is 1. The molecule has 2 rings (SSSR count). The molecule has 90 valence electrons. The van der Waals surface area contributed by atoms with Crippen LogP contribution < -0.4 is 5.73 Å². The number of nitrogens with zero attached hydrogens (tertiary/aromatic N) is 1. The van der Waals surface area contributed by atoms with Crippen LogP contribution in [-0.2, 0) is 6.54 Å². The van der Waals surface area contributed by atoms with Crippen molar-refractivity contribution in [2.75, 3.05) is 14.1 Å². The number of hydrogen-bond acceptors (Lipinski definition) is 2. The van der Waals surface area contributed by atoms with Crippen molar-refractivity contribution in [2.24, 2.45) is 5.73 Å². The molecule has 0 saturated heterocycles. The SMILES string of the molecule is CN(C)C(c1ccc(CN)cc1)c1cc[nH]c1. The lowest BCUT2D eigenvalue weighted by atomic mass is 9.99. The molecule has 3 N–H and O–H groups in total. The van der Waals surface area contributed by atoms with Crippen LogP contribution in [0.25, 0.3) is 0 Å². The highest BCUT2D eigenvalue weighted by atomic mass is 15.1. The summed E-state index contributed by atoms with van der Waals surface area (Å²) in [5.41, 5.74) is 9.34. The van der Waals surface area contributed by atoms with Gasteiger partial charge in [-0.25, -0.2) is 0 Å². The van der Waals surface area contributed by atoms with Crippen molar-refractivity contribution in [1.29, 1.82) is 0 Å². The third-order valence-corrected chi connectivity index (χ3v) is 2.99. The molecule has 1 heterocycles. The molecule has 3 heteroatoms. The van der Waals surface area contributed by atoms with E-state index in [0.29, 0.717) is 6.54 Å². The molecule has 0 saturated carbocycles. The molecule has 2 aromatic rings. The standard InChI is InChI=1S/C14H19N3/c1-17(2)14(13-7-8-16-10-13)12-5-3-11(9-15)4-6-12/h3-8,10,14,16H,9,15H2,1-2H3. The number of aromatic amines is 1. The Morgan fingerprint density at radius 2 is 1.82 bits per heavy atom. The molecule has 17 heavy (non-hydrogen) atoms. The monoisotopic (exact) mass is 229 g/mol. The normalized spacial score (nSPS) is 12.9. The molecule has 0 aliphatic rings. The molecule has 0 aliphatic carbocycles. The van der Waals surface area contributed by atoms with E-state index in [1.165, 1.54) is 16.7 Å². The Bertz CT molecular complexity index is 443. The lowest BCUT2D eigenvalue weighted by Gasteiger charge is -2.24. The highest BCUT2D eigenvalue weighted by molar-refractivity contribution is 5.32.